The van der Waals surface area contributed by atoms with Crippen LogP contribution >= 0.6 is 0 Å². The van der Waals surface area contributed by atoms with Crippen molar-refractivity contribution >= 4 is 5.78 Å². The maximum atomic E-state index is 11.6. The monoisotopic (exact) mass is 258 g/mol. The van der Waals surface area contributed by atoms with Gasteiger partial charge in [0, 0.05) is 26.2 Å². The molecule has 5 heteroatoms. The zero-order valence-electron chi connectivity index (χ0n) is 12.5. The van der Waals surface area contributed by atoms with Crippen molar-refractivity contribution in [1.29, 1.82) is 0 Å². The fourth-order valence-corrected chi connectivity index (χ4v) is 1.55. The van der Waals surface area contributed by atoms with E-state index in [9.17, 15) is 4.79 Å². The van der Waals surface area contributed by atoms with E-state index < -0.39 is 0 Å². The minimum Gasteiger partial charge on any atom is -0.304 e. The average molecular weight is 258 g/mol. The van der Waals surface area contributed by atoms with Gasteiger partial charge in [-0.2, -0.15) is 0 Å². The van der Waals surface area contributed by atoms with Gasteiger partial charge in [-0.1, -0.05) is 0 Å². The lowest BCUT2D eigenvalue weighted by atomic mass is 10.1. The number of nitrogens with zero attached hydrogens (tertiary/aromatic N) is 2. The minimum absolute atomic E-state index is 0.383. The molecule has 0 aromatic carbocycles. The van der Waals surface area contributed by atoms with Gasteiger partial charge in [0.05, 0.1) is 0 Å². The molecule has 18 heavy (non-hydrogen) atoms. The third-order valence-electron chi connectivity index (χ3n) is 2.47. The number of hydrogen-bond acceptors (Lipinski definition) is 5. The minimum atomic E-state index is 0.383. The second kappa shape index (κ2) is 11.6. The molecule has 0 bridgehead atoms. The Hall–Kier alpha value is -0.490. The number of rotatable bonds is 12. The first-order valence-electron chi connectivity index (χ1n) is 6.75. The highest BCUT2D eigenvalue weighted by molar-refractivity contribution is 5.78. The predicted molar refractivity (Wildman–Crippen MR) is 76.6 cm³/mol. The maximum absolute atomic E-state index is 11.6. The second-order valence-corrected chi connectivity index (χ2v) is 5.22. The summed E-state index contributed by atoms with van der Waals surface area (Å²) in [6.07, 6.45) is 3.29. The van der Waals surface area contributed by atoms with Crippen molar-refractivity contribution in [2.75, 3.05) is 54.6 Å². The fourth-order valence-electron chi connectivity index (χ4n) is 1.55. The van der Waals surface area contributed by atoms with Gasteiger partial charge in [-0.25, -0.2) is 0 Å². The van der Waals surface area contributed by atoms with Crippen molar-refractivity contribution in [3.8, 4) is 0 Å². The highest BCUT2D eigenvalue weighted by Gasteiger charge is 2.01. The summed E-state index contributed by atoms with van der Waals surface area (Å²) >= 11 is 0. The number of carbonyl (C=O) groups is 1. The smallest absolute Gasteiger partial charge is 0.133 e. The highest BCUT2D eigenvalue weighted by Crippen LogP contribution is 1.97. The first-order chi connectivity index (χ1) is 8.52. The van der Waals surface area contributed by atoms with Crippen LogP contribution < -0.4 is 10.6 Å². The largest absolute Gasteiger partial charge is 0.304 e. The topological polar surface area (TPSA) is 47.6 Å². The molecule has 0 aliphatic carbocycles. The molecule has 2 N–H and O–H groups in total. The zero-order valence-corrected chi connectivity index (χ0v) is 12.5. The summed E-state index contributed by atoms with van der Waals surface area (Å²) in [4.78, 5) is 15.7. The number of ketones is 1. The number of hydrogen-bond donors (Lipinski definition) is 2. The molecule has 0 spiro atoms. The van der Waals surface area contributed by atoms with E-state index in [1.54, 1.807) is 0 Å². The van der Waals surface area contributed by atoms with Gasteiger partial charge in [-0.05, 0) is 54.1 Å². The molecular weight excluding hydrogens is 228 g/mol. The lowest BCUT2D eigenvalue weighted by Crippen LogP contribution is -2.29. The van der Waals surface area contributed by atoms with Crippen LogP contribution in [0.2, 0.25) is 0 Å². The molecule has 0 radical (unpaired) electrons. The van der Waals surface area contributed by atoms with Crippen LogP contribution in [0.1, 0.15) is 25.7 Å². The van der Waals surface area contributed by atoms with E-state index in [1.165, 1.54) is 0 Å². The van der Waals surface area contributed by atoms with E-state index in [0.29, 0.717) is 18.6 Å². The Labute approximate surface area is 112 Å². The molecule has 0 heterocycles. The van der Waals surface area contributed by atoms with Crippen molar-refractivity contribution in [2.45, 2.75) is 25.7 Å². The molecule has 0 rings (SSSR count). The summed E-state index contributed by atoms with van der Waals surface area (Å²) in [5, 5.41) is 6.57. The third kappa shape index (κ3) is 13.6. The van der Waals surface area contributed by atoms with Gasteiger partial charge in [0.15, 0.2) is 0 Å². The summed E-state index contributed by atoms with van der Waals surface area (Å²) in [5.74, 6) is 0.383. The van der Waals surface area contributed by atoms with Crippen LogP contribution in [0.3, 0.4) is 0 Å². The summed E-state index contributed by atoms with van der Waals surface area (Å²) in [5.41, 5.74) is 0. The van der Waals surface area contributed by atoms with Crippen molar-refractivity contribution in [2.24, 2.45) is 0 Å². The van der Waals surface area contributed by atoms with E-state index in [2.05, 4.69) is 20.4 Å². The van der Waals surface area contributed by atoms with E-state index in [4.69, 9.17) is 0 Å². The Kier molecular flexibility index (Phi) is 11.3. The molecule has 0 aromatic heterocycles. The van der Waals surface area contributed by atoms with Gasteiger partial charge in [0.25, 0.3) is 0 Å². The molecular formula is C13H30N4O. The molecule has 0 atom stereocenters. The van der Waals surface area contributed by atoms with Gasteiger partial charge in [-0.3, -0.25) is 14.6 Å². The highest BCUT2D eigenvalue weighted by atomic mass is 16.1. The van der Waals surface area contributed by atoms with Gasteiger partial charge in [0.2, 0.25) is 0 Å². The zero-order chi connectivity index (χ0) is 13.8. The standard InChI is InChI=1S/C13H30N4O/c1-16(2)11-14-9-5-7-13(18)8-6-10-15-12-17(3)4/h14-15H,5-12H2,1-4H3. The maximum Gasteiger partial charge on any atom is 0.133 e. The van der Waals surface area contributed by atoms with Gasteiger partial charge >= 0.3 is 0 Å². The Balaban J connectivity index is 3.22. The summed E-state index contributed by atoms with van der Waals surface area (Å²) < 4.78 is 0. The summed E-state index contributed by atoms with van der Waals surface area (Å²) in [6.45, 7) is 3.59. The van der Waals surface area contributed by atoms with Gasteiger partial charge in [0.1, 0.15) is 5.78 Å². The molecule has 0 aliphatic heterocycles. The molecule has 5 nitrogen and oxygen atoms in total. The van der Waals surface area contributed by atoms with Crippen LogP contribution in [-0.4, -0.2) is 70.2 Å². The van der Waals surface area contributed by atoms with E-state index in [1.807, 2.05) is 28.2 Å². The third-order valence-corrected chi connectivity index (χ3v) is 2.47. The lowest BCUT2D eigenvalue weighted by Gasteiger charge is -2.11. The van der Waals surface area contributed by atoms with Crippen LogP contribution in [0.15, 0.2) is 0 Å². The van der Waals surface area contributed by atoms with Crippen LogP contribution in [0, 0.1) is 0 Å². The normalized spacial score (nSPS) is 11.4. The summed E-state index contributed by atoms with van der Waals surface area (Å²) in [7, 11) is 8.11. The van der Waals surface area contributed by atoms with Crippen molar-refractivity contribution in [3.05, 3.63) is 0 Å². The predicted octanol–water partition coefficient (Wildman–Crippen LogP) is 0.333. The van der Waals surface area contributed by atoms with Crippen molar-refractivity contribution in [3.63, 3.8) is 0 Å². The fraction of sp³-hybridized carbons (Fsp3) is 0.923. The SMILES string of the molecule is CN(C)CNCCCC(=O)CCCNCN(C)C. The van der Waals surface area contributed by atoms with E-state index in [-0.39, 0.29) is 0 Å². The molecule has 0 fully saturated rings. The van der Waals surface area contributed by atoms with E-state index >= 15 is 0 Å². The molecule has 0 aromatic rings. The molecule has 108 valence electrons. The van der Waals surface area contributed by atoms with Crippen LogP contribution in [0.4, 0.5) is 0 Å². The van der Waals surface area contributed by atoms with Crippen LogP contribution in [0.5, 0.6) is 0 Å². The Morgan fingerprint density at radius 3 is 1.56 bits per heavy atom. The van der Waals surface area contributed by atoms with Gasteiger partial charge in [-0.15, -0.1) is 0 Å². The number of carbonyl (C=O) groups excluding carboxylic acids is 1. The molecule has 0 amide bonds. The Morgan fingerprint density at radius 1 is 0.833 bits per heavy atom. The molecule has 0 unspecified atom stereocenters. The first-order valence-corrected chi connectivity index (χ1v) is 6.75. The van der Waals surface area contributed by atoms with Crippen molar-refractivity contribution < 1.29 is 4.79 Å². The average Bonchev–Trinajstić information content (AvgIpc) is 2.27. The first kappa shape index (κ1) is 17.5. The molecule has 0 saturated heterocycles. The van der Waals surface area contributed by atoms with Gasteiger partial charge < -0.3 is 10.6 Å². The van der Waals surface area contributed by atoms with E-state index in [0.717, 1.165) is 39.3 Å². The Morgan fingerprint density at radius 2 is 1.22 bits per heavy atom. The quantitative estimate of drug-likeness (QED) is 0.390. The molecule has 0 saturated carbocycles. The summed E-state index contributed by atoms with van der Waals surface area (Å²) in [6, 6.07) is 0. The van der Waals surface area contributed by atoms with Crippen LogP contribution in [-0.2, 0) is 4.79 Å². The van der Waals surface area contributed by atoms with Crippen LogP contribution in [0.25, 0.3) is 0 Å². The molecule has 0 aliphatic rings. The Bertz CT molecular complexity index is 187. The number of Topliss-reactive ketones (excluding diaryl/α,β-unsaturated/α-hetero) is 1. The second-order valence-electron chi connectivity index (χ2n) is 5.22. The van der Waals surface area contributed by atoms with Crippen molar-refractivity contribution in [1.82, 2.24) is 20.4 Å². The lowest BCUT2D eigenvalue weighted by molar-refractivity contribution is -0.119. The number of nitrogens with one attached hydrogen (secondary N) is 2.